The predicted octanol–water partition coefficient (Wildman–Crippen LogP) is 10.3. The number of rotatable bonds is 7. The lowest BCUT2D eigenvalue weighted by atomic mass is 9.98. The fourth-order valence-electron chi connectivity index (χ4n) is 6.34. The van der Waals surface area contributed by atoms with E-state index in [0.29, 0.717) is 58.7 Å². The van der Waals surface area contributed by atoms with E-state index >= 15 is 0 Å². The van der Waals surface area contributed by atoms with Crippen molar-refractivity contribution in [3.8, 4) is 11.4 Å². The lowest BCUT2D eigenvalue weighted by Crippen LogP contribution is -2.13. The van der Waals surface area contributed by atoms with E-state index < -0.39 is 23.5 Å². The molecule has 0 spiro atoms. The molecule has 1 aromatic heterocycles. The van der Waals surface area contributed by atoms with Gasteiger partial charge < -0.3 is 9.47 Å². The number of nitrogens with zero attached hydrogens (tertiary/aromatic N) is 6. The van der Waals surface area contributed by atoms with Gasteiger partial charge in [-0.3, -0.25) is 14.6 Å². The fourth-order valence-corrected chi connectivity index (χ4v) is 6.72. The highest BCUT2D eigenvalue weighted by atomic mass is 32.2. The zero-order valence-electron chi connectivity index (χ0n) is 31.1. The van der Waals surface area contributed by atoms with Crippen LogP contribution in [-0.4, -0.2) is 51.1 Å². The van der Waals surface area contributed by atoms with Crippen LogP contribution in [0.15, 0.2) is 136 Å². The first kappa shape index (κ1) is 40.1. The van der Waals surface area contributed by atoms with E-state index in [1.54, 1.807) is 11.7 Å². The number of hydrogen-bond acceptors (Lipinski definition) is 8. The Balaban J connectivity index is 0.000000193. The highest BCUT2D eigenvalue weighted by Crippen LogP contribution is 2.36. The summed E-state index contributed by atoms with van der Waals surface area (Å²) in [5.74, 6) is 1.76. The van der Waals surface area contributed by atoms with Gasteiger partial charge in [-0.1, -0.05) is 72.8 Å². The number of aliphatic imine (C=N–C) groups is 3. The van der Waals surface area contributed by atoms with Gasteiger partial charge in [-0.15, -0.1) is 22.0 Å². The zero-order valence-corrected chi connectivity index (χ0v) is 31.9. The van der Waals surface area contributed by atoms with Crippen LogP contribution in [0.5, 0.6) is 5.75 Å². The van der Waals surface area contributed by atoms with Gasteiger partial charge in [-0.2, -0.15) is 26.3 Å². The molecule has 6 aromatic rings. The second-order valence-corrected chi connectivity index (χ2v) is 13.8. The lowest BCUT2D eigenvalue weighted by molar-refractivity contribution is -0.138. The largest absolute Gasteiger partial charge is 0.497 e. The maximum absolute atomic E-state index is 13.6. The van der Waals surface area contributed by atoms with Crippen LogP contribution in [0.4, 0.5) is 32.0 Å². The van der Waals surface area contributed by atoms with Crippen LogP contribution >= 0.6 is 11.8 Å². The van der Waals surface area contributed by atoms with Crippen LogP contribution in [0.2, 0.25) is 0 Å². The first-order valence-corrected chi connectivity index (χ1v) is 19.0. The lowest BCUT2D eigenvalue weighted by Gasteiger charge is -2.16. The number of thioether (sulfide) groups is 1. The smallest absolute Gasteiger partial charge is 0.416 e. The van der Waals surface area contributed by atoms with Crippen molar-refractivity contribution in [1.82, 2.24) is 14.8 Å². The average molecular weight is 813 g/mol. The Morgan fingerprint density at radius 3 is 1.84 bits per heavy atom. The van der Waals surface area contributed by atoms with E-state index in [1.807, 2.05) is 91.2 Å². The highest BCUT2D eigenvalue weighted by molar-refractivity contribution is 8.13. The second-order valence-electron chi connectivity index (χ2n) is 12.9. The van der Waals surface area contributed by atoms with Crippen molar-refractivity contribution in [2.24, 2.45) is 15.0 Å². The Hall–Kier alpha value is -6.06. The van der Waals surface area contributed by atoms with Crippen LogP contribution in [0.1, 0.15) is 50.6 Å². The number of methoxy groups -OCH3 is 1. The van der Waals surface area contributed by atoms with Gasteiger partial charge in [0.25, 0.3) is 0 Å². The summed E-state index contributed by atoms with van der Waals surface area (Å²) in [4.78, 5) is 13.6. The van der Waals surface area contributed by atoms with Gasteiger partial charge in [0.15, 0.2) is 11.6 Å². The van der Waals surface area contributed by atoms with Gasteiger partial charge in [-0.05, 0) is 60.4 Å². The molecule has 0 N–H and O–H groups in total. The first-order chi connectivity index (χ1) is 27.9. The minimum Gasteiger partial charge on any atom is -0.497 e. The molecule has 0 bridgehead atoms. The number of halogens is 6. The fraction of sp³-hybridized carbons (Fsp3) is 0.186. The van der Waals surface area contributed by atoms with Gasteiger partial charge in [0.2, 0.25) is 0 Å². The van der Waals surface area contributed by atoms with Gasteiger partial charge in [0.05, 0.1) is 59.2 Å². The standard InChI is InChI=1S/C26H21F3N4O2.C17H13F3N2S/c1-34-20-10-7-17(8-11-20)15-35-16-24-32-31-23-14-30-25(18-5-3-2-4-6-18)21-13-19(26(27,28)29)9-12-22(21)33(23)24;1-23-15-10-21-16(11-5-3-2-4-6-11)13-9-12(17(18,19)20)7-8-14(13)22-15/h2-13H,14-16H2,1H3;2-9H,10H2,1H3. The number of fused-ring (bicyclic) bond motifs is 4. The maximum Gasteiger partial charge on any atom is 0.416 e. The van der Waals surface area contributed by atoms with Crippen LogP contribution in [-0.2, 0) is 36.8 Å². The number of alkyl halides is 6. The zero-order chi connectivity index (χ0) is 40.9. The van der Waals surface area contributed by atoms with Gasteiger partial charge in [0.1, 0.15) is 18.9 Å². The van der Waals surface area contributed by atoms with Crippen molar-refractivity contribution in [1.29, 1.82) is 0 Å². The van der Waals surface area contributed by atoms with E-state index in [4.69, 9.17) is 9.47 Å². The summed E-state index contributed by atoms with van der Waals surface area (Å²) in [5.41, 5.74) is 3.86. The van der Waals surface area contributed by atoms with E-state index in [-0.39, 0.29) is 13.2 Å². The Labute approximate surface area is 334 Å². The molecule has 3 heterocycles. The summed E-state index contributed by atoms with van der Waals surface area (Å²) in [6.07, 6.45) is -7.00. The molecular formula is C43H34F6N6O2S. The summed E-state index contributed by atoms with van der Waals surface area (Å²) in [5, 5.41) is 9.27. The quantitative estimate of drug-likeness (QED) is 0.150. The third-order valence-electron chi connectivity index (χ3n) is 9.18. The Morgan fingerprint density at radius 1 is 0.655 bits per heavy atom. The summed E-state index contributed by atoms with van der Waals surface area (Å²) < 4.78 is 92.7. The van der Waals surface area contributed by atoms with Gasteiger partial charge >= 0.3 is 12.4 Å². The average Bonchev–Trinajstić information content (AvgIpc) is 3.42. The Bertz CT molecular complexity index is 2480. The Morgan fingerprint density at radius 2 is 1.24 bits per heavy atom. The molecule has 15 heteroatoms. The monoisotopic (exact) mass is 812 g/mol. The van der Waals surface area contributed by atoms with E-state index in [0.717, 1.165) is 51.7 Å². The normalized spacial score (nSPS) is 13.6. The molecule has 5 aromatic carbocycles. The van der Waals surface area contributed by atoms with Crippen molar-refractivity contribution in [2.75, 3.05) is 19.9 Å². The predicted molar refractivity (Wildman–Crippen MR) is 213 cm³/mol. The van der Waals surface area contributed by atoms with Crippen LogP contribution in [0.3, 0.4) is 0 Å². The summed E-state index contributed by atoms with van der Waals surface area (Å²) in [7, 11) is 1.60. The van der Waals surface area contributed by atoms with Gasteiger partial charge in [-0.25, -0.2) is 4.99 Å². The summed E-state index contributed by atoms with van der Waals surface area (Å²) >= 11 is 1.45. The Kier molecular flexibility index (Phi) is 11.9. The molecule has 8 nitrogen and oxygen atoms in total. The van der Waals surface area contributed by atoms with Crippen molar-refractivity contribution < 1.29 is 35.8 Å². The molecule has 0 aliphatic carbocycles. The van der Waals surface area contributed by atoms with Crippen LogP contribution in [0.25, 0.3) is 5.69 Å². The molecule has 2 aliphatic rings. The topological polar surface area (TPSA) is 86.2 Å². The summed E-state index contributed by atoms with van der Waals surface area (Å²) in [6.45, 7) is 0.991. The molecule has 0 radical (unpaired) electrons. The highest BCUT2D eigenvalue weighted by Gasteiger charge is 2.34. The number of hydrogen-bond donors (Lipinski definition) is 0. The van der Waals surface area contributed by atoms with Crippen LogP contribution < -0.4 is 4.74 Å². The van der Waals surface area contributed by atoms with E-state index in [1.165, 1.54) is 23.9 Å². The van der Waals surface area contributed by atoms with Gasteiger partial charge in [0, 0.05) is 22.3 Å². The SMILES string of the molecule is COc1ccc(COCc2nnc3n2-c2ccc(C(F)(F)F)cc2C(c2ccccc2)=NC3)cc1.CSC1=Nc2ccc(C(F)(F)F)cc2C(c2ccccc2)=NC1. The second kappa shape index (κ2) is 17.2. The molecule has 296 valence electrons. The molecule has 0 saturated heterocycles. The van der Waals surface area contributed by atoms with E-state index in [2.05, 4.69) is 25.2 Å². The third kappa shape index (κ3) is 9.05. The van der Waals surface area contributed by atoms with Crippen molar-refractivity contribution in [2.45, 2.75) is 32.1 Å². The molecule has 0 amide bonds. The molecule has 0 saturated carbocycles. The number of aromatic nitrogens is 3. The molecule has 8 rings (SSSR count). The molecular weight excluding hydrogens is 779 g/mol. The minimum atomic E-state index is -4.48. The van der Waals surface area contributed by atoms with Crippen molar-refractivity contribution >= 4 is 33.9 Å². The first-order valence-electron chi connectivity index (χ1n) is 17.8. The molecule has 0 fully saturated rings. The summed E-state index contributed by atoms with van der Waals surface area (Å²) in [6, 6.07) is 33.1. The molecule has 0 unspecified atom stereocenters. The number of benzene rings is 5. The molecule has 58 heavy (non-hydrogen) atoms. The van der Waals surface area contributed by atoms with Crippen LogP contribution in [0, 0.1) is 0 Å². The van der Waals surface area contributed by atoms with Crippen molar-refractivity contribution in [3.63, 3.8) is 0 Å². The maximum atomic E-state index is 13.6. The van der Waals surface area contributed by atoms with Crippen molar-refractivity contribution in [3.05, 3.63) is 172 Å². The minimum absolute atomic E-state index is 0.125. The molecule has 0 atom stereocenters. The molecule has 2 aliphatic heterocycles. The third-order valence-corrected chi connectivity index (χ3v) is 9.87. The number of ether oxygens (including phenoxy) is 2. The van der Waals surface area contributed by atoms with E-state index in [9.17, 15) is 26.3 Å².